The van der Waals surface area contributed by atoms with E-state index >= 15 is 0 Å². The number of anilines is 1. The molecule has 2 rings (SSSR count). The zero-order chi connectivity index (χ0) is 14.8. The van der Waals surface area contributed by atoms with Gasteiger partial charge in [0.1, 0.15) is 5.75 Å². The van der Waals surface area contributed by atoms with Gasteiger partial charge in [-0.3, -0.25) is 4.79 Å². The molecule has 1 heterocycles. The molecule has 0 unspecified atom stereocenters. The van der Waals surface area contributed by atoms with E-state index in [4.69, 9.17) is 10.5 Å². The second-order valence-electron chi connectivity index (χ2n) is 5.37. The van der Waals surface area contributed by atoms with Crippen LogP contribution in [0.3, 0.4) is 0 Å². The maximum absolute atomic E-state index is 12.8. The molecule has 20 heavy (non-hydrogen) atoms. The van der Waals surface area contributed by atoms with Crippen LogP contribution < -0.4 is 15.4 Å². The second-order valence-corrected chi connectivity index (χ2v) is 5.37. The summed E-state index contributed by atoms with van der Waals surface area (Å²) in [6.45, 7) is 7.27. The Balaban J connectivity index is 2.47. The number of rotatable bonds is 5. The molecule has 0 radical (unpaired) electrons. The van der Waals surface area contributed by atoms with E-state index in [2.05, 4.69) is 0 Å². The molecule has 0 saturated heterocycles. The lowest BCUT2D eigenvalue weighted by Gasteiger charge is -2.42. The number of hydrogen-bond donors (Lipinski definition) is 1. The molecule has 0 aliphatic carbocycles. The number of carbonyl (C=O) groups excluding carboxylic acids is 1. The molecule has 0 fully saturated rings. The van der Waals surface area contributed by atoms with Crippen LogP contribution >= 0.6 is 0 Å². The van der Waals surface area contributed by atoms with E-state index in [1.807, 2.05) is 43.9 Å². The summed E-state index contributed by atoms with van der Waals surface area (Å²) in [6.07, 6.45) is 2.15. The lowest BCUT2D eigenvalue weighted by molar-refractivity contribution is -0.136. The predicted octanol–water partition coefficient (Wildman–Crippen LogP) is 2.63. The van der Waals surface area contributed by atoms with E-state index in [1.54, 1.807) is 0 Å². The third-order valence-electron chi connectivity index (χ3n) is 4.07. The topological polar surface area (TPSA) is 55.6 Å². The van der Waals surface area contributed by atoms with Gasteiger partial charge in [0.05, 0.1) is 5.69 Å². The fraction of sp³-hybridized carbons (Fsp3) is 0.562. The van der Waals surface area contributed by atoms with Crippen LogP contribution in [0.1, 0.15) is 38.7 Å². The largest absolute Gasteiger partial charge is 0.475 e. The molecule has 1 amide bonds. The van der Waals surface area contributed by atoms with Gasteiger partial charge in [-0.1, -0.05) is 19.9 Å². The van der Waals surface area contributed by atoms with Gasteiger partial charge in [-0.2, -0.15) is 0 Å². The predicted molar refractivity (Wildman–Crippen MR) is 81.1 cm³/mol. The molecule has 0 atom stereocenters. The first-order chi connectivity index (χ1) is 9.57. The van der Waals surface area contributed by atoms with E-state index in [0.29, 0.717) is 25.9 Å². The van der Waals surface area contributed by atoms with Crippen LogP contribution in [0.2, 0.25) is 0 Å². The van der Waals surface area contributed by atoms with Crippen LogP contribution in [0.4, 0.5) is 5.69 Å². The summed E-state index contributed by atoms with van der Waals surface area (Å²) in [7, 11) is 0. The molecule has 0 saturated carbocycles. The Morgan fingerprint density at radius 3 is 2.60 bits per heavy atom. The molecular formula is C16H24N2O2. The van der Waals surface area contributed by atoms with Gasteiger partial charge in [0, 0.05) is 6.54 Å². The molecule has 0 spiro atoms. The van der Waals surface area contributed by atoms with Gasteiger partial charge in [-0.25, -0.2) is 0 Å². The van der Waals surface area contributed by atoms with Crippen molar-refractivity contribution in [1.29, 1.82) is 0 Å². The van der Waals surface area contributed by atoms with Crippen molar-refractivity contribution in [1.82, 2.24) is 0 Å². The monoisotopic (exact) mass is 276 g/mol. The highest BCUT2D eigenvalue weighted by molar-refractivity contribution is 6.02. The summed E-state index contributed by atoms with van der Waals surface area (Å²) in [6, 6.07) is 5.99. The van der Waals surface area contributed by atoms with Crippen LogP contribution in [-0.2, 0) is 4.79 Å². The van der Waals surface area contributed by atoms with Crippen LogP contribution in [0, 0.1) is 6.92 Å². The summed E-state index contributed by atoms with van der Waals surface area (Å²) in [4.78, 5) is 14.7. The smallest absolute Gasteiger partial charge is 0.271 e. The molecule has 0 aromatic heterocycles. The molecule has 4 nitrogen and oxygen atoms in total. The third kappa shape index (κ3) is 2.40. The van der Waals surface area contributed by atoms with Crippen LogP contribution in [0.5, 0.6) is 5.75 Å². The Morgan fingerprint density at radius 2 is 2.00 bits per heavy atom. The van der Waals surface area contributed by atoms with Crippen molar-refractivity contribution in [2.75, 3.05) is 18.0 Å². The fourth-order valence-electron chi connectivity index (χ4n) is 2.70. The number of aryl methyl sites for hydroxylation is 1. The molecule has 1 aromatic rings. The van der Waals surface area contributed by atoms with Crippen molar-refractivity contribution in [3.8, 4) is 5.75 Å². The molecular weight excluding hydrogens is 252 g/mol. The molecule has 1 aliphatic rings. The van der Waals surface area contributed by atoms with Crippen LogP contribution in [-0.4, -0.2) is 24.6 Å². The maximum Gasteiger partial charge on any atom is 0.271 e. The van der Waals surface area contributed by atoms with Crippen LogP contribution in [0.15, 0.2) is 18.2 Å². The standard InChI is InChI=1S/C16H24N2O2/c1-4-16(5-2)15(19)18(10-6-9-17)13-8-7-12(3)11-14(13)20-16/h7-8,11H,4-6,9-10,17H2,1-3H3. The first kappa shape index (κ1) is 14.9. The molecule has 4 heteroatoms. The van der Waals surface area contributed by atoms with Gasteiger partial charge >= 0.3 is 0 Å². The Hall–Kier alpha value is -1.55. The highest BCUT2D eigenvalue weighted by atomic mass is 16.5. The van der Waals surface area contributed by atoms with E-state index in [-0.39, 0.29) is 5.91 Å². The quantitative estimate of drug-likeness (QED) is 0.899. The normalized spacial score (nSPS) is 16.8. The lowest BCUT2D eigenvalue weighted by atomic mass is 9.92. The first-order valence-electron chi connectivity index (χ1n) is 7.39. The average molecular weight is 276 g/mol. The van der Waals surface area contributed by atoms with E-state index in [9.17, 15) is 4.79 Å². The van der Waals surface area contributed by atoms with E-state index < -0.39 is 5.60 Å². The highest BCUT2D eigenvalue weighted by Gasteiger charge is 2.45. The van der Waals surface area contributed by atoms with Crippen molar-refractivity contribution >= 4 is 11.6 Å². The summed E-state index contributed by atoms with van der Waals surface area (Å²) in [5.41, 5.74) is 6.88. The first-order valence-corrected chi connectivity index (χ1v) is 7.39. The van der Waals surface area contributed by atoms with Crippen molar-refractivity contribution in [2.24, 2.45) is 5.73 Å². The Labute approximate surface area is 120 Å². The van der Waals surface area contributed by atoms with Crippen LogP contribution in [0.25, 0.3) is 0 Å². The SMILES string of the molecule is CCC1(CC)Oc2cc(C)ccc2N(CCCN)C1=O. The number of carbonyl (C=O) groups is 1. The van der Waals surface area contributed by atoms with Gasteiger partial charge < -0.3 is 15.4 Å². The van der Waals surface area contributed by atoms with Gasteiger partial charge in [-0.05, 0) is 50.4 Å². The number of ether oxygens (including phenoxy) is 1. The zero-order valence-electron chi connectivity index (χ0n) is 12.6. The highest BCUT2D eigenvalue weighted by Crippen LogP contribution is 2.41. The Bertz CT molecular complexity index is 495. The number of benzene rings is 1. The van der Waals surface area contributed by atoms with Crippen molar-refractivity contribution in [3.05, 3.63) is 23.8 Å². The number of nitrogens with two attached hydrogens (primary N) is 1. The fourth-order valence-corrected chi connectivity index (χ4v) is 2.70. The summed E-state index contributed by atoms with van der Waals surface area (Å²) in [5.74, 6) is 0.873. The summed E-state index contributed by atoms with van der Waals surface area (Å²) >= 11 is 0. The van der Waals surface area contributed by atoms with Gasteiger partial charge in [0.15, 0.2) is 5.60 Å². The maximum atomic E-state index is 12.8. The van der Waals surface area contributed by atoms with Gasteiger partial charge in [-0.15, -0.1) is 0 Å². The number of hydrogen-bond acceptors (Lipinski definition) is 3. The third-order valence-corrected chi connectivity index (χ3v) is 4.07. The molecule has 1 aliphatic heterocycles. The molecule has 0 bridgehead atoms. The Kier molecular flexibility index (Phi) is 4.33. The summed E-state index contributed by atoms with van der Waals surface area (Å²) < 4.78 is 6.10. The molecule has 110 valence electrons. The second kappa shape index (κ2) is 5.83. The molecule has 2 N–H and O–H groups in total. The minimum absolute atomic E-state index is 0.0623. The number of fused-ring (bicyclic) bond motifs is 1. The average Bonchev–Trinajstić information content (AvgIpc) is 2.46. The van der Waals surface area contributed by atoms with Crippen molar-refractivity contribution in [3.63, 3.8) is 0 Å². The summed E-state index contributed by atoms with van der Waals surface area (Å²) in [5, 5.41) is 0. The molecule has 1 aromatic carbocycles. The van der Waals surface area contributed by atoms with E-state index in [1.165, 1.54) is 0 Å². The van der Waals surface area contributed by atoms with Gasteiger partial charge in [0.25, 0.3) is 5.91 Å². The zero-order valence-corrected chi connectivity index (χ0v) is 12.6. The Morgan fingerprint density at radius 1 is 1.30 bits per heavy atom. The van der Waals surface area contributed by atoms with Crippen molar-refractivity contribution < 1.29 is 9.53 Å². The number of nitrogens with zero attached hydrogens (tertiary/aromatic N) is 1. The lowest BCUT2D eigenvalue weighted by Crippen LogP contribution is -2.56. The minimum atomic E-state index is -0.727. The van der Waals surface area contributed by atoms with E-state index in [0.717, 1.165) is 23.4 Å². The minimum Gasteiger partial charge on any atom is -0.475 e. The number of amides is 1. The van der Waals surface area contributed by atoms with Crippen molar-refractivity contribution in [2.45, 2.75) is 45.6 Å². The van der Waals surface area contributed by atoms with Gasteiger partial charge in [0.2, 0.25) is 0 Å².